The van der Waals surface area contributed by atoms with Crippen molar-refractivity contribution in [3.8, 4) is 0 Å². The molecule has 3 unspecified atom stereocenters. The van der Waals surface area contributed by atoms with Crippen molar-refractivity contribution in [3.05, 3.63) is 70.8 Å². The van der Waals surface area contributed by atoms with E-state index in [0.717, 1.165) is 75.2 Å². The summed E-state index contributed by atoms with van der Waals surface area (Å²) < 4.78 is 0. The van der Waals surface area contributed by atoms with Crippen molar-refractivity contribution in [2.75, 3.05) is 46.3 Å². The van der Waals surface area contributed by atoms with Crippen molar-refractivity contribution in [2.45, 2.75) is 51.6 Å². The number of likely N-dealkylation sites (N-methyl/N-ethyl adjacent to an activating group) is 1. The summed E-state index contributed by atoms with van der Waals surface area (Å²) in [7, 11) is 2.07. The van der Waals surface area contributed by atoms with Gasteiger partial charge in [-0.05, 0) is 75.2 Å². The Bertz CT molecular complexity index is 1070. The van der Waals surface area contributed by atoms with Crippen LogP contribution < -0.4 is 5.32 Å². The Balaban J connectivity index is 1.17. The number of hydrogen-bond acceptors (Lipinski definition) is 4. The molecule has 2 aromatic carbocycles. The van der Waals surface area contributed by atoms with Crippen molar-refractivity contribution in [1.82, 2.24) is 20.0 Å². The second-order valence-electron chi connectivity index (χ2n) is 11.5. The third-order valence-corrected chi connectivity index (χ3v) is 8.87. The zero-order valence-corrected chi connectivity index (χ0v) is 22.7. The Kier molecular flexibility index (Phi) is 7.96. The molecule has 6 heteroatoms. The molecule has 37 heavy (non-hydrogen) atoms. The number of carbonyl (C=O) groups excluding carboxylic acids is 2. The maximum atomic E-state index is 13.3. The van der Waals surface area contributed by atoms with Crippen LogP contribution in [0.25, 0.3) is 0 Å². The monoisotopic (exact) mass is 502 g/mol. The number of amides is 2. The highest BCUT2D eigenvalue weighted by atomic mass is 16.2. The van der Waals surface area contributed by atoms with Gasteiger partial charge in [0.25, 0.3) is 5.91 Å². The highest BCUT2D eigenvalue weighted by Crippen LogP contribution is 2.33. The molecule has 3 heterocycles. The van der Waals surface area contributed by atoms with Gasteiger partial charge in [0.15, 0.2) is 0 Å². The van der Waals surface area contributed by atoms with Crippen LogP contribution in [0, 0.1) is 25.7 Å². The molecule has 0 radical (unpaired) electrons. The number of likely N-dealkylation sites (tertiary alicyclic amines) is 3. The van der Waals surface area contributed by atoms with E-state index in [9.17, 15) is 9.59 Å². The summed E-state index contributed by atoms with van der Waals surface area (Å²) >= 11 is 0. The van der Waals surface area contributed by atoms with E-state index in [0.29, 0.717) is 11.8 Å². The van der Waals surface area contributed by atoms with Crippen LogP contribution in [0.2, 0.25) is 0 Å². The fraction of sp³-hybridized carbons (Fsp3) is 0.548. The largest absolute Gasteiger partial charge is 0.348 e. The normalized spacial score (nSPS) is 25.2. The molecule has 4 atom stereocenters. The minimum atomic E-state index is -0.0217. The van der Waals surface area contributed by atoms with Gasteiger partial charge in [0, 0.05) is 38.3 Å². The second-order valence-corrected chi connectivity index (χ2v) is 11.5. The lowest BCUT2D eigenvalue weighted by Gasteiger charge is -2.33. The number of rotatable bonds is 7. The zero-order chi connectivity index (χ0) is 25.9. The van der Waals surface area contributed by atoms with Gasteiger partial charge in [-0.25, -0.2) is 0 Å². The van der Waals surface area contributed by atoms with Gasteiger partial charge in [-0.15, -0.1) is 0 Å². The first-order chi connectivity index (χ1) is 17.9. The van der Waals surface area contributed by atoms with Crippen molar-refractivity contribution < 1.29 is 9.59 Å². The molecule has 3 fully saturated rings. The Morgan fingerprint density at radius 3 is 2.24 bits per heavy atom. The molecular weight excluding hydrogens is 460 g/mol. The molecule has 0 saturated carbocycles. The Hall–Kier alpha value is -2.70. The number of nitrogens with zero attached hydrogens (tertiary/aromatic N) is 3. The summed E-state index contributed by atoms with van der Waals surface area (Å²) in [5, 5.41) is 3.40. The minimum absolute atomic E-state index is 0.0200. The lowest BCUT2D eigenvalue weighted by atomic mass is 9.99. The van der Waals surface area contributed by atoms with Crippen LogP contribution in [0.5, 0.6) is 0 Å². The van der Waals surface area contributed by atoms with Gasteiger partial charge in [0.2, 0.25) is 5.91 Å². The molecule has 0 aliphatic carbocycles. The van der Waals surface area contributed by atoms with E-state index in [-0.39, 0.29) is 23.9 Å². The number of nitrogens with one attached hydrogen (secondary N) is 1. The fourth-order valence-electron chi connectivity index (χ4n) is 6.74. The Morgan fingerprint density at radius 1 is 0.919 bits per heavy atom. The van der Waals surface area contributed by atoms with E-state index in [1.54, 1.807) is 0 Å². The first kappa shape index (κ1) is 25.9. The van der Waals surface area contributed by atoms with E-state index < -0.39 is 0 Å². The lowest BCUT2D eigenvalue weighted by Crippen LogP contribution is -2.48. The van der Waals surface area contributed by atoms with Crippen molar-refractivity contribution >= 4 is 11.8 Å². The van der Waals surface area contributed by atoms with Crippen molar-refractivity contribution in [2.24, 2.45) is 11.8 Å². The summed E-state index contributed by atoms with van der Waals surface area (Å²) in [4.78, 5) is 33.3. The molecule has 3 aliphatic heterocycles. The quantitative estimate of drug-likeness (QED) is 0.621. The third kappa shape index (κ3) is 5.75. The summed E-state index contributed by atoms with van der Waals surface area (Å²) in [5.41, 5.74) is 4.19. The molecule has 1 N–H and O–H groups in total. The first-order valence-corrected chi connectivity index (χ1v) is 14.0. The number of aryl methyl sites for hydroxylation is 2. The van der Waals surface area contributed by atoms with E-state index in [4.69, 9.17) is 0 Å². The smallest absolute Gasteiger partial charge is 0.254 e. The topological polar surface area (TPSA) is 55.9 Å². The van der Waals surface area contributed by atoms with Gasteiger partial charge in [-0.2, -0.15) is 0 Å². The Morgan fingerprint density at radius 2 is 1.59 bits per heavy atom. The van der Waals surface area contributed by atoms with Crippen LogP contribution in [0.3, 0.4) is 0 Å². The van der Waals surface area contributed by atoms with E-state index in [1.807, 2.05) is 38.1 Å². The summed E-state index contributed by atoms with van der Waals surface area (Å²) in [6.45, 7) is 9.78. The van der Waals surface area contributed by atoms with Gasteiger partial charge < -0.3 is 15.1 Å². The molecule has 2 aromatic rings. The van der Waals surface area contributed by atoms with Crippen LogP contribution in [0.4, 0.5) is 0 Å². The van der Waals surface area contributed by atoms with E-state index >= 15 is 0 Å². The molecule has 6 nitrogen and oxygen atoms in total. The number of benzene rings is 2. The molecule has 198 valence electrons. The molecule has 0 aromatic heterocycles. The first-order valence-electron chi connectivity index (χ1n) is 14.0. The van der Waals surface area contributed by atoms with Crippen LogP contribution in [0.1, 0.15) is 58.8 Å². The predicted octanol–water partition coefficient (Wildman–Crippen LogP) is 4.04. The van der Waals surface area contributed by atoms with E-state index in [1.165, 1.54) is 12.0 Å². The standard InChI is InChI=1S/C31H42N4O2/c1-22-10-9-11-23(2)29(22)31(37)35-20-25-18-34(19-26(25)21-35)17-15-27(24-12-5-4-6-13-24)32-30(36)28-14-7-8-16-33(28)3/h4-6,9-13,25-28H,7-8,14-21H2,1-3H3,(H,32,36)/t25-,26?,27?,28?/m0/s1. The Labute approximate surface area is 222 Å². The summed E-state index contributed by atoms with van der Waals surface area (Å²) in [5.74, 6) is 1.42. The lowest BCUT2D eigenvalue weighted by molar-refractivity contribution is -0.127. The van der Waals surface area contributed by atoms with Gasteiger partial charge in [-0.3, -0.25) is 14.5 Å². The van der Waals surface area contributed by atoms with Gasteiger partial charge in [0.05, 0.1) is 12.1 Å². The predicted molar refractivity (Wildman–Crippen MR) is 147 cm³/mol. The SMILES string of the molecule is Cc1cccc(C)c1C(=O)N1CC2CN(CCC(NC(=O)C3CCCCN3C)c3ccccc3)C[C@H]2C1. The molecular formula is C31H42N4O2. The zero-order valence-electron chi connectivity index (χ0n) is 22.7. The average molecular weight is 503 g/mol. The molecule has 0 bridgehead atoms. The van der Waals surface area contributed by atoms with Crippen LogP contribution in [-0.2, 0) is 4.79 Å². The third-order valence-electron chi connectivity index (χ3n) is 8.87. The molecule has 3 aliphatic rings. The summed E-state index contributed by atoms with van der Waals surface area (Å²) in [6.07, 6.45) is 4.14. The fourth-order valence-corrected chi connectivity index (χ4v) is 6.74. The molecule has 5 rings (SSSR count). The van der Waals surface area contributed by atoms with Gasteiger partial charge in [-0.1, -0.05) is 55.0 Å². The summed E-state index contributed by atoms with van der Waals surface area (Å²) in [6, 6.07) is 16.5. The number of piperidine rings is 1. The maximum Gasteiger partial charge on any atom is 0.254 e. The number of hydrogen-bond donors (Lipinski definition) is 1. The highest BCUT2D eigenvalue weighted by Gasteiger charge is 2.42. The van der Waals surface area contributed by atoms with Crippen molar-refractivity contribution in [3.63, 3.8) is 0 Å². The molecule has 3 saturated heterocycles. The van der Waals surface area contributed by atoms with Crippen LogP contribution >= 0.6 is 0 Å². The van der Waals surface area contributed by atoms with Gasteiger partial charge in [0.1, 0.15) is 0 Å². The second kappa shape index (κ2) is 11.4. The molecule has 2 amide bonds. The van der Waals surface area contributed by atoms with Crippen LogP contribution in [-0.4, -0.2) is 78.9 Å². The maximum absolute atomic E-state index is 13.3. The number of carbonyl (C=O) groups is 2. The number of fused-ring (bicyclic) bond motifs is 1. The van der Waals surface area contributed by atoms with Crippen molar-refractivity contribution in [1.29, 1.82) is 0 Å². The van der Waals surface area contributed by atoms with E-state index in [2.05, 4.69) is 51.3 Å². The average Bonchev–Trinajstić information content (AvgIpc) is 3.46. The highest BCUT2D eigenvalue weighted by molar-refractivity contribution is 5.97. The van der Waals surface area contributed by atoms with Crippen LogP contribution in [0.15, 0.2) is 48.5 Å². The minimum Gasteiger partial charge on any atom is -0.348 e. The molecule has 0 spiro atoms. The van der Waals surface area contributed by atoms with Gasteiger partial charge >= 0.3 is 0 Å².